The van der Waals surface area contributed by atoms with Crippen LogP contribution in [0.1, 0.15) is 32.8 Å². The van der Waals surface area contributed by atoms with Crippen molar-refractivity contribution in [2.24, 2.45) is 11.1 Å². The molecule has 20 heavy (non-hydrogen) atoms. The number of hydrogen-bond acceptors (Lipinski definition) is 3. The summed E-state index contributed by atoms with van der Waals surface area (Å²) >= 11 is 0. The minimum Gasteiger partial charge on any atom is -0.492 e. The molecule has 1 atom stereocenters. The summed E-state index contributed by atoms with van der Waals surface area (Å²) in [7, 11) is 0. The smallest absolute Gasteiger partial charge is 0.136 e. The number of nitrogens with zero attached hydrogens (tertiary/aromatic N) is 1. The fourth-order valence-electron chi connectivity index (χ4n) is 2.08. The Bertz CT molecular complexity index is 619. The van der Waals surface area contributed by atoms with Gasteiger partial charge in [0.05, 0.1) is 12.3 Å². The van der Waals surface area contributed by atoms with Gasteiger partial charge in [-0.15, -0.1) is 0 Å². The van der Waals surface area contributed by atoms with Crippen LogP contribution in [0.4, 0.5) is 0 Å². The van der Waals surface area contributed by atoms with E-state index in [1.54, 1.807) is 6.92 Å². The van der Waals surface area contributed by atoms with Crippen molar-refractivity contribution in [2.45, 2.75) is 27.2 Å². The average molecular weight is 271 g/mol. The Labute approximate surface area is 119 Å². The summed E-state index contributed by atoms with van der Waals surface area (Å²) in [5.74, 6) is 1.30. The van der Waals surface area contributed by atoms with Crippen molar-refractivity contribution in [3.05, 3.63) is 42.0 Å². The Morgan fingerprint density at radius 3 is 2.70 bits per heavy atom. The van der Waals surface area contributed by atoms with E-state index in [1.807, 2.05) is 30.3 Å². The van der Waals surface area contributed by atoms with Crippen LogP contribution in [-0.4, -0.2) is 17.5 Å². The van der Waals surface area contributed by atoms with E-state index in [4.69, 9.17) is 9.94 Å². The molecule has 0 radical (unpaired) electrons. The molecule has 2 aromatic rings. The molecule has 0 bridgehead atoms. The normalized spacial score (nSPS) is 13.4. The first-order valence-electron chi connectivity index (χ1n) is 7.01. The van der Waals surface area contributed by atoms with Crippen LogP contribution in [0.25, 0.3) is 10.8 Å². The molecule has 2 aromatic carbocycles. The highest BCUT2D eigenvalue weighted by atomic mass is 16.5. The van der Waals surface area contributed by atoms with Crippen LogP contribution in [0.5, 0.6) is 5.75 Å². The largest absolute Gasteiger partial charge is 0.492 e. The van der Waals surface area contributed by atoms with Gasteiger partial charge in [-0.2, -0.15) is 0 Å². The van der Waals surface area contributed by atoms with Crippen molar-refractivity contribution in [2.75, 3.05) is 6.61 Å². The summed E-state index contributed by atoms with van der Waals surface area (Å²) in [6.07, 6.45) is 1.08. The van der Waals surface area contributed by atoms with Gasteiger partial charge in [-0.1, -0.05) is 55.8 Å². The molecule has 0 amide bonds. The predicted molar refractivity (Wildman–Crippen MR) is 82.9 cm³/mol. The highest BCUT2D eigenvalue weighted by Gasteiger charge is 2.12. The minimum atomic E-state index is 0.494. The van der Waals surface area contributed by atoms with E-state index in [-0.39, 0.29) is 0 Å². The van der Waals surface area contributed by atoms with Crippen LogP contribution in [-0.2, 0) is 0 Å². The highest BCUT2D eigenvalue weighted by Crippen LogP contribution is 2.31. The lowest BCUT2D eigenvalue weighted by Gasteiger charge is -2.16. The maximum absolute atomic E-state index is 9.04. The number of benzene rings is 2. The molecule has 0 aliphatic heterocycles. The molecule has 0 aliphatic rings. The Morgan fingerprint density at radius 2 is 2.00 bits per heavy atom. The Kier molecular flexibility index (Phi) is 4.61. The lowest BCUT2D eigenvalue weighted by atomic mass is 10.0. The van der Waals surface area contributed by atoms with E-state index < -0.39 is 0 Å². The van der Waals surface area contributed by atoms with Crippen molar-refractivity contribution < 1.29 is 9.94 Å². The van der Waals surface area contributed by atoms with Gasteiger partial charge in [0.25, 0.3) is 0 Å². The Balaban J connectivity index is 2.50. The molecule has 106 valence electrons. The minimum absolute atomic E-state index is 0.494. The van der Waals surface area contributed by atoms with Gasteiger partial charge in [-0.3, -0.25) is 0 Å². The van der Waals surface area contributed by atoms with Crippen molar-refractivity contribution in [3.63, 3.8) is 0 Å². The Hall–Kier alpha value is -2.03. The van der Waals surface area contributed by atoms with E-state index in [1.165, 1.54) is 0 Å². The summed E-state index contributed by atoms with van der Waals surface area (Å²) < 4.78 is 6.03. The lowest BCUT2D eigenvalue weighted by Crippen LogP contribution is -2.10. The van der Waals surface area contributed by atoms with E-state index in [0.717, 1.165) is 28.5 Å². The first-order valence-corrected chi connectivity index (χ1v) is 7.01. The maximum atomic E-state index is 9.04. The van der Waals surface area contributed by atoms with E-state index >= 15 is 0 Å². The van der Waals surface area contributed by atoms with Crippen LogP contribution in [0, 0.1) is 5.92 Å². The SMILES string of the molecule is CCC(C)COc1c(C(C)=NO)ccc2ccccc12. The van der Waals surface area contributed by atoms with E-state index in [0.29, 0.717) is 18.2 Å². The second-order valence-corrected chi connectivity index (χ2v) is 5.17. The fourth-order valence-corrected chi connectivity index (χ4v) is 2.08. The van der Waals surface area contributed by atoms with Crippen molar-refractivity contribution >= 4 is 16.5 Å². The van der Waals surface area contributed by atoms with Gasteiger partial charge < -0.3 is 9.94 Å². The van der Waals surface area contributed by atoms with Crippen molar-refractivity contribution in [3.8, 4) is 5.75 Å². The summed E-state index contributed by atoms with van der Waals surface area (Å²) in [6.45, 7) is 6.76. The molecule has 0 aromatic heterocycles. The number of ether oxygens (including phenoxy) is 1. The molecule has 0 aliphatic carbocycles. The van der Waals surface area contributed by atoms with E-state index in [9.17, 15) is 0 Å². The number of fused-ring (bicyclic) bond motifs is 1. The number of oxime groups is 1. The van der Waals surface area contributed by atoms with Crippen molar-refractivity contribution in [1.29, 1.82) is 0 Å². The molecule has 0 heterocycles. The molecule has 3 nitrogen and oxygen atoms in total. The molecule has 0 spiro atoms. The van der Waals surface area contributed by atoms with Gasteiger partial charge in [0.2, 0.25) is 0 Å². The van der Waals surface area contributed by atoms with Crippen LogP contribution >= 0.6 is 0 Å². The van der Waals surface area contributed by atoms with Gasteiger partial charge in [0.1, 0.15) is 5.75 Å². The zero-order valence-corrected chi connectivity index (χ0v) is 12.3. The molecule has 2 rings (SSSR count). The van der Waals surface area contributed by atoms with Gasteiger partial charge in [-0.25, -0.2) is 0 Å². The van der Waals surface area contributed by atoms with E-state index in [2.05, 4.69) is 25.1 Å². The third-order valence-electron chi connectivity index (χ3n) is 3.63. The maximum Gasteiger partial charge on any atom is 0.136 e. The van der Waals surface area contributed by atoms with Crippen LogP contribution in [0.15, 0.2) is 41.6 Å². The first-order chi connectivity index (χ1) is 9.67. The third-order valence-corrected chi connectivity index (χ3v) is 3.63. The second kappa shape index (κ2) is 6.42. The molecular weight excluding hydrogens is 250 g/mol. The summed E-state index contributed by atoms with van der Waals surface area (Å²) in [4.78, 5) is 0. The highest BCUT2D eigenvalue weighted by molar-refractivity contribution is 6.06. The molecule has 0 fully saturated rings. The van der Waals surface area contributed by atoms with Crippen LogP contribution in [0.3, 0.4) is 0 Å². The summed E-state index contributed by atoms with van der Waals surface area (Å²) in [6, 6.07) is 12.1. The van der Waals surface area contributed by atoms with Crippen LogP contribution < -0.4 is 4.74 Å². The molecule has 1 unspecified atom stereocenters. The average Bonchev–Trinajstić information content (AvgIpc) is 2.51. The summed E-state index contributed by atoms with van der Waals surface area (Å²) in [5.41, 5.74) is 1.41. The van der Waals surface area contributed by atoms with Crippen molar-refractivity contribution in [1.82, 2.24) is 0 Å². The fraction of sp³-hybridized carbons (Fsp3) is 0.353. The van der Waals surface area contributed by atoms with Gasteiger partial charge >= 0.3 is 0 Å². The number of hydrogen-bond donors (Lipinski definition) is 1. The molecule has 0 saturated carbocycles. The zero-order valence-electron chi connectivity index (χ0n) is 12.3. The standard InChI is InChI=1S/C17H21NO2/c1-4-12(2)11-20-17-15(13(3)18-19)10-9-14-7-5-6-8-16(14)17/h5-10,12,19H,4,11H2,1-3H3. The molecule has 3 heteroatoms. The Morgan fingerprint density at radius 1 is 1.25 bits per heavy atom. The second-order valence-electron chi connectivity index (χ2n) is 5.17. The number of rotatable bonds is 5. The first kappa shape index (κ1) is 14.4. The molecule has 0 saturated heterocycles. The third kappa shape index (κ3) is 2.93. The van der Waals surface area contributed by atoms with Gasteiger partial charge in [-0.05, 0) is 24.3 Å². The molecule has 1 N–H and O–H groups in total. The monoisotopic (exact) mass is 271 g/mol. The summed E-state index contributed by atoms with van der Waals surface area (Å²) in [5, 5.41) is 14.5. The van der Waals surface area contributed by atoms with Crippen LogP contribution in [0.2, 0.25) is 0 Å². The lowest BCUT2D eigenvalue weighted by molar-refractivity contribution is 0.258. The quantitative estimate of drug-likeness (QED) is 0.495. The van der Waals surface area contributed by atoms with Gasteiger partial charge in [0, 0.05) is 10.9 Å². The van der Waals surface area contributed by atoms with Gasteiger partial charge in [0.15, 0.2) is 0 Å². The molecular formula is C17H21NO2. The topological polar surface area (TPSA) is 41.8 Å². The predicted octanol–water partition coefficient (Wildman–Crippen LogP) is 4.46. The zero-order chi connectivity index (χ0) is 14.5.